The molecule has 0 aromatic carbocycles. The van der Waals surface area contributed by atoms with Gasteiger partial charge < -0.3 is 20.3 Å². The SMILES string of the molecule is CCCCC/C=C\C/C=C\C/C=C\CCCCCCC(=O)OC(CCCCC/C=C/C=C/C=C/CCCCCCC)CC(=O)NC(CO)C(O)CCCCCCCCCCCCCCCCCCC. The molecule has 6 nitrogen and oxygen atoms in total. The van der Waals surface area contributed by atoms with Crippen molar-refractivity contribution in [1.29, 1.82) is 0 Å². The van der Waals surface area contributed by atoms with Crippen LogP contribution >= 0.6 is 0 Å². The van der Waals surface area contributed by atoms with E-state index >= 15 is 0 Å². The molecule has 0 aliphatic rings. The van der Waals surface area contributed by atoms with Crippen molar-refractivity contribution in [3.8, 4) is 0 Å². The highest BCUT2D eigenvalue weighted by Gasteiger charge is 2.24. The summed E-state index contributed by atoms with van der Waals surface area (Å²) in [5.74, 6) is -0.528. The average molecular weight is 965 g/mol. The molecule has 69 heavy (non-hydrogen) atoms. The summed E-state index contributed by atoms with van der Waals surface area (Å²) in [4.78, 5) is 26.3. The second-order valence-corrected chi connectivity index (χ2v) is 20.1. The Morgan fingerprint density at radius 1 is 0.435 bits per heavy atom. The topological polar surface area (TPSA) is 95.9 Å². The maximum Gasteiger partial charge on any atom is 0.306 e. The summed E-state index contributed by atoms with van der Waals surface area (Å²) >= 11 is 0. The Morgan fingerprint density at radius 3 is 1.28 bits per heavy atom. The van der Waals surface area contributed by atoms with Crippen LogP contribution in [-0.4, -0.2) is 46.9 Å². The lowest BCUT2D eigenvalue weighted by Gasteiger charge is -2.24. The first kappa shape index (κ1) is 66.3. The van der Waals surface area contributed by atoms with E-state index in [0.29, 0.717) is 19.3 Å². The van der Waals surface area contributed by atoms with Crippen LogP contribution in [0, 0.1) is 0 Å². The lowest BCUT2D eigenvalue weighted by Crippen LogP contribution is -2.46. The van der Waals surface area contributed by atoms with E-state index in [1.807, 2.05) is 0 Å². The Morgan fingerprint density at radius 2 is 0.797 bits per heavy atom. The smallest absolute Gasteiger partial charge is 0.306 e. The van der Waals surface area contributed by atoms with E-state index in [4.69, 9.17) is 4.74 Å². The van der Waals surface area contributed by atoms with Gasteiger partial charge in [-0.15, -0.1) is 0 Å². The zero-order valence-corrected chi connectivity index (χ0v) is 45.7. The van der Waals surface area contributed by atoms with Gasteiger partial charge in [-0.05, 0) is 89.9 Å². The second kappa shape index (κ2) is 56.2. The summed E-state index contributed by atoms with van der Waals surface area (Å²) in [6.07, 6.45) is 72.5. The van der Waals surface area contributed by atoms with Crippen LogP contribution in [0.4, 0.5) is 0 Å². The number of rotatable bonds is 53. The lowest BCUT2D eigenvalue weighted by molar-refractivity contribution is -0.151. The van der Waals surface area contributed by atoms with Gasteiger partial charge in [0.05, 0.1) is 25.2 Å². The molecule has 6 heteroatoms. The minimum atomic E-state index is -0.805. The van der Waals surface area contributed by atoms with Crippen LogP contribution in [-0.2, 0) is 14.3 Å². The van der Waals surface area contributed by atoms with Crippen LogP contribution in [0.1, 0.15) is 290 Å². The first-order valence-electron chi connectivity index (χ1n) is 29.7. The maximum absolute atomic E-state index is 13.3. The largest absolute Gasteiger partial charge is 0.462 e. The zero-order valence-electron chi connectivity index (χ0n) is 45.7. The van der Waals surface area contributed by atoms with Crippen LogP contribution in [0.5, 0.6) is 0 Å². The van der Waals surface area contributed by atoms with Crippen molar-refractivity contribution < 1.29 is 24.5 Å². The Labute approximate surface area is 428 Å². The van der Waals surface area contributed by atoms with Gasteiger partial charge in [0.1, 0.15) is 6.10 Å². The van der Waals surface area contributed by atoms with Gasteiger partial charge in [0, 0.05) is 6.42 Å². The molecule has 1 amide bonds. The van der Waals surface area contributed by atoms with Crippen LogP contribution < -0.4 is 5.32 Å². The number of allylic oxidation sites excluding steroid dienone is 12. The predicted octanol–water partition coefficient (Wildman–Crippen LogP) is 18.5. The van der Waals surface area contributed by atoms with Crippen molar-refractivity contribution >= 4 is 11.9 Å². The highest BCUT2D eigenvalue weighted by atomic mass is 16.5. The molecule has 0 heterocycles. The molecule has 400 valence electrons. The average Bonchev–Trinajstić information content (AvgIpc) is 3.34. The molecule has 3 N–H and O–H groups in total. The molecule has 0 aromatic heterocycles. The van der Waals surface area contributed by atoms with E-state index in [9.17, 15) is 19.8 Å². The van der Waals surface area contributed by atoms with E-state index in [-0.39, 0.29) is 24.9 Å². The fraction of sp³-hybridized carbons (Fsp3) is 0.778. The summed E-state index contributed by atoms with van der Waals surface area (Å²) in [6.45, 7) is 6.45. The normalized spacial score (nSPS) is 13.6. The molecule has 0 saturated carbocycles. The number of unbranched alkanes of at least 4 members (excludes halogenated alkanes) is 31. The molecule has 3 unspecified atom stereocenters. The Kier molecular flexibility index (Phi) is 54.0. The van der Waals surface area contributed by atoms with Crippen molar-refractivity contribution in [2.24, 2.45) is 0 Å². The van der Waals surface area contributed by atoms with Crippen molar-refractivity contribution in [3.05, 3.63) is 72.9 Å². The standard InChI is InChI=1S/C63H113NO5/c1-4-7-10-13-16-19-22-25-28-31-34-37-40-43-46-49-52-55-61(66)60(58-65)64-62(67)57-59(54-51-48-45-42-39-36-33-30-27-24-21-18-15-12-9-6-3)69-63(68)56-53-50-47-44-41-38-35-32-29-26-23-20-17-14-11-8-5-2/h17,20,24,26-27,29-30,33,35-36,38-39,59-61,65-66H,4-16,18-19,21-23,25,28,31-32,34,37,40-58H2,1-3H3,(H,64,67)/b20-17-,27-24+,29-26-,33-30+,38-35-,39-36+. The first-order chi connectivity index (χ1) is 34.0. The molecule has 0 bridgehead atoms. The third kappa shape index (κ3) is 51.5. The molecule has 0 radical (unpaired) electrons. The number of aliphatic hydroxyl groups is 2. The highest BCUT2D eigenvalue weighted by molar-refractivity contribution is 5.77. The Bertz CT molecular complexity index is 1270. The fourth-order valence-corrected chi connectivity index (χ4v) is 8.79. The maximum atomic E-state index is 13.3. The van der Waals surface area contributed by atoms with Crippen LogP contribution in [0.3, 0.4) is 0 Å². The zero-order chi connectivity index (χ0) is 50.2. The number of carbonyl (C=O) groups is 2. The number of amides is 1. The first-order valence-corrected chi connectivity index (χ1v) is 29.7. The quantitative estimate of drug-likeness (QED) is 0.0244. The van der Waals surface area contributed by atoms with Crippen molar-refractivity contribution in [2.75, 3.05) is 6.61 Å². The van der Waals surface area contributed by atoms with Gasteiger partial charge in [-0.3, -0.25) is 9.59 Å². The monoisotopic (exact) mass is 964 g/mol. The number of carbonyl (C=O) groups excluding carboxylic acids is 2. The van der Waals surface area contributed by atoms with Gasteiger partial charge in [0.15, 0.2) is 0 Å². The minimum Gasteiger partial charge on any atom is -0.462 e. The van der Waals surface area contributed by atoms with Gasteiger partial charge in [0.25, 0.3) is 0 Å². The molecular weight excluding hydrogens is 851 g/mol. The Balaban J connectivity index is 4.64. The van der Waals surface area contributed by atoms with Crippen LogP contribution in [0.2, 0.25) is 0 Å². The summed E-state index contributed by atoms with van der Waals surface area (Å²) in [6, 6.07) is -0.722. The number of nitrogens with one attached hydrogen (secondary N) is 1. The number of hydrogen-bond acceptors (Lipinski definition) is 5. The van der Waals surface area contributed by atoms with E-state index in [0.717, 1.165) is 96.3 Å². The third-order valence-corrected chi connectivity index (χ3v) is 13.3. The molecule has 0 spiro atoms. The minimum absolute atomic E-state index is 0.0440. The van der Waals surface area contributed by atoms with Crippen molar-refractivity contribution in [2.45, 2.75) is 309 Å². The van der Waals surface area contributed by atoms with E-state index in [1.165, 1.54) is 148 Å². The van der Waals surface area contributed by atoms with E-state index < -0.39 is 18.2 Å². The molecule has 0 aliphatic carbocycles. The fourth-order valence-electron chi connectivity index (χ4n) is 8.79. The second-order valence-electron chi connectivity index (χ2n) is 20.1. The number of aliphatic hydroxyl groups excluding tert-OH is 2. The highest BCUT2D eigenvalue weighted by Crippen LogP contribution is 2.18. The van der Waals surface area contributed by atoms with Gasteiger partial charge in [-0.1, -0.05) is 261 Å². The molecular formula is C63H113NO5. The Hall–Kier alpha value is -2.70. The van der Waals surface area contributed by atoms with E-state index in [1.54, 1.807) is 0 Å². The summed E-state index contributed by atoms with van der Waals surface area (Å²) in [5, 5.41) is 23.9. The van der Waals surface area contributed by atoms with Gasteiger partial charge >= 0.3 is 5.97 Å². The van der Waals surface area contributed by atoms with Gasteiger partial charge in [-0.2, -0.15) is 0 Å². The summed E-state index contributed by atoms with van der Waals surface area (Å²) in [7, 11) is 0. The van der Waals surface area contributed by atoms with Crippen LogP contribution in [0.15, 0.2) is 72.9 Å². The van der Waals surface area contributed by atoms with E-state index in [2.05, 4.69) is 99.0 Å². The third-order valence-electron chi connectivity index (χ3n) is 13.3. The number of ether oxygens (including phenoxy) is 1. The molecule has 0 aromatic rings. The molecule has 0 aliphatic heterocycles. The number of esters is 1. The lowest BCUT2D eigenvalue weighted by atomic mass is 10.0. The van der Waals surface area contributed by atoms with Crippen molar-refractivity contribution in [3.63, 3.8) is 0 Å². The molecule has 0 rings (SSSR count). The summed E-state index contributed by atoms with van der Waals surface area (Å²) in [5.41, 5.74) is 0. The van der Waals surface area contributed by atoms with Gasteiger partial charge in [0.2, 0.25) is 5.91 Å². The summed E-state index contributed by atoms with van der Waals surface area (Å²) < 4.78 is 5.94. The predicted molar refractivity (Wildman–Crippen MR) is 301 cm³/mol. The number of hydrogen-bond donors (Lipinski definition) is 3. The van der Waals surface area contributed by atoms with Crippen LogP contribution in [0.25, 0.3) is 0 Å². The van der Waals surface area contributed by atoms with Gasteiger partial charge in [-0.25, -0.2) is 0 Å². The molecule has 3 atom stereocenters. The molecule has 0 saturated heterocycles. The van der Waals surface area contributed by atoms with Crippen molar-refractivity contribution in [1.82, 2.24) is 5.32 Å². The molecule has 0 fully saturated rings.